The lowest BCUT2D eigenvalue weighted by Crippen LogP contribution is -2.24. The molecule has 2 aromatic carbocycles. The van der Waals surface area contributed by atoms with E-state index in [1.807, 2.05) is 6.92 Å². The number of nitrogens with zero attached hydrogens (tertiary/aromatic N) is 1. The van der Waals surface area contributed by atoms with E-state index >= 15 is 0 Å². The summed E-state index contributed by atoms with van der Waals surface area (Å²) in [6, 6.07) is 8.19. The van der Waals surface area contributed by atoms with Crippen molar-refractivity contribution in [3.05, 3.63) is 51.9 Å². The van der Waals surface area contributed by atoms with Gasteiger partial charge in [-0.25, -0.2) is 9.36 Å². The van der Waals surface area contributed by atoms with E-state index in [0.29, 0.717) is 33.8 Å². The fraction of sp³-hybridized carbons (Fsp3) is 0.125. The van der Waals surface area contributed by atoms with Gasteiger partial charge in [0.2, 0.25) is 6.79 Å². The maximum atomic E-state index is 12.8. The highest BCUT2D eigenvalue weighted by Gasteiger charge is 2.20. The van der Waals surface area contributed by atoms with Crippen LogP contribution in [-0.2, 0) is 0 Å². The van der Waals surface area contributed by atoms with Crippen molar-refractivity contribution in [2.75, 3.05) is 12.5 Å². The first-order chi connectivity index (χ1) is 11.0. The van der Waals surface area contributed by atoms with Gasteiger partial charge in [-0.3, -0.25) is 4.79 Å². The van der Waals surface area contributed by atoms with E-state index in [4.69, 9.17) is 15.2 Å². The molecule has 0 bridgehead atoms. The van der Waals surface area contributed by atoms with Gasteiger partial charge in [0.05, 0.1) is 11.0 Å². The van der Waals surface area contributed by atoms with E-state index in [1.54, 1.807) is 30.3 Å². The number of anilines is 1. The normalized spacial score (nSPS) is 12.7. The van der Waals surface area contributed by atoms with Gasteiger partial charge in [0, 0.05) is 11.3 Å². The van der Waals surface area contributed by atoms with Crippen LogP contribution in [0.5, 0.6) is 11.5 Å². The third-order valence-electron chi connectivity index (χ3n) is 3.89. The second-order valence-corrected chi connectivity index (χ2v) is 5.36. The fourth-order valence-corrected chi connectivity index (χ4v) is 2.64. The Morgan fingerprint density at radius 2 is 2.00 bits per heavy atom. The van der Waals surface area contributed by atoms with Gasteiger partial charge in [0.25, 0.3) is 5.91 Å². The Morgan fingerprint density at radius 3 is 2.83 bits per heavy atom. The van der Waals surface area contributed by atoms with Crippen LogP contribution in [0.3, 0.4) is 0 Å². The minimum atomic E-state index is -0.507. The summed E-state index contributed by atoms with van der Waals surface area (Å²) in [4.78, 5) is 27.6. The quantitative estimate of drug-likeness (QED) is 0.666. The largest absolute Gasteiger partial charge is 0.454 e. The number of H-pyrrole nitrogens is 1. The lowest BCUT2D eigenvalue weighted by Gasteiger charge is -2.05. The van der Waals surface area contributed by atoms with Crippen molar-refractivity contribution < 1.29 is 14.3 Å². The van der Waals surface area contributed by atoms with Crippen LogP contribution in [0.1, 0.15) is 15.9 Å². The van der Waals surface area contributed by atoms with Crippen molar-refractivity contribution >= 4 is 22.6 Å². The minimum Gasteiger partial charge on any atom is -0.454 e. The molecular weight excluding hydrogens is 298 g/mol. The Morgan fingerprint density at radius 1 is 1.22 bits per heavy atom. The Balaban J connectivity index is 1.88. The first-order valence-electron chi connectivity index (χ1n) is 7.00. The van der Waals surface area contributed by atoms with Gasteiger partial charge in [-0.2, -0.15) is 0 Å². The van der Waals surface area contributed by atoms with Crippen LogP contribution in [0.4, 0.5) is 5.69 Å². The third kappa shape index (κ3) is 1.97. The standard InChI is InChI=1S/C16H13N3O4/c1-8-4-12-11(6-10(8)17)18-16(21)19(12)15(20)9-2-3-13-14(5-9)23-7-22-13/h2-6H,7,17H2,1H3,(H,18,21). The third-order valence-corrected chi connectivity index (χ3v) is 3.89. The van der Waals surface area contributed by atoms with Crippen molar-refractivity contribution in [2.24, 2.45) is 0 Å². The molecule has 116 valence electrons. The number of benzene rings is 2. The van der Waals surface area contributed by atoms with Gasteiger partial charge in [0.1, 0.15) is 0 Å². The zero-order valence-corrected chi connectivity index (χ0v) is 12.3. The number of aromatic nitrogens is 2. The van der Waals surface area contributed by atoms with Crippen LogP contribution in [0.25, 0.3) is 11.0 Å². The summed E-state index contributed by atoms with van der Waals surface area (Å²) >= 11 is 0. The monoisotopic (exact) mass is 311 g/mol. The van der Waals surface area contributed by atoms with Crippen LogP contribution in [0.15, 0.2) is 35.1 Å². The van der Waals surface area contributed by atoms with E-state index in [0.717, 1.165) is 10.1 Å². The maximum absolute atomic E-state index is 12.8. The number of nitrogens with one attached hydrogen (secondary N) is 1. The van der Waals surface area contributed by atoms with E-state index in [-0.39, 0.29) is 6.79 Å². The number of imidazole rings is 1. The number of carbonyl (C=O) groups excluding carboxylic acids is 1. The molecule has 23 heavy (non-hydrogen) atoms. The number of fused-ring (bicyclic) bond motifs is 2. The highest BCUT2D eigenvalue weighted by atomic mass is 16.7. The van der Waals surface area contributed by atoms with Gasteiger partial charge in [0.15, 0.2) is 11.5 Å². The average molecular weight is 311 g/mol. The predicted molar refractivity (Wildman–Crippen MR) is 84.0 cm³/mol. The van der Waals surface area contributed by atoms with Crippen LogP contribution in [0, 0.1) is 6.92 Å². The van der Waals surface area contributed by atoms with E-state index in [9.17, 15) is 9.59 Å². The summed E-state index contributed by atoms with van der Waals surface area (Å²) in [5, 5.41) is 0. The molecule has 0 atom stereocenters. The molecule has 7 nitrogen and oxygen atoms in total. The summed E-state index contributed by atoms with van der Waals surface area (Å²) in [5.74, 6) is 0.629. The smallest absolute Gasteiger partial charge is 0.333 e. The van der Waals surface area contributed by atoms with Crippen LogP contribution >= 0.6 is 0 Å². The fourth-order valence-electron chi connectivity index (χ4n) is 2.64. The Kier molecular flexibility index (Phi) is 2.71. The molecule has 0 saturated heterocycles. The predicted octanol–water partition coefficient (Wildman–Crippen LogP) is 1.64. The molecule has 1 aromatic heterocycles. The molecular formula is C16H13N3O4. The lowest BCUT2D eigenvalue weighted by atomic mass is 10.1. The Labute approximate surface area is 130 Å². The number of nitrogen functional groups attached to an aromatic ring is 1. The van der Waals surface area contributed by atoms with Gasteiger partial charge >= 0.3 is 5.69 Å². The zero-order chi connectivity index (χ0) is 16.1. The first kappa shape index (κ1) is 13.4. The molecule has 3 aromatic rings. The lowest BCUT2D eigenvalue weighted by molar-refractivity contribution is 0.0960. The van der Waals surface area contributed by atoms with Gasteiger partial charge in [-0.1, -0.05) is 0 Å². The molecule has 3 N–H and O–H groups in total. The summed E-state index contributed by atoms with van der Waals surface area (Å²) in [6.07, 6.45) is 0. The number of aromatic amines is 1. The minimum absolute atomic E-state index is 0.123. The molecule has 0 aliphatic carbocycles. The topological polar surface area (TPSA) is 99.3 Å². The molecule has 1 aliphatic rings. The van der Waals surface area contributed by atoms with Gasteiger partial charge < -0.3 is 20.2 Å². The number of hydrogen-bond acceptors (Lipinski definition) is 5. The van der Waals surface area contributed by atoms with E-state index < -0.39 is 11.6 Å². The highest BCUT2D eigenvalue weighted by Crippen LogP contribution is 2.32. The van der Waals surface area contributed by atoms with Crippen molar-refractivity contribution in [3.63, 3.8) is 0 Å². The van der Waals surface area contributed by atoms with Crippen molar-refractivity contribution in [2.45, 2.75) is 6.92 Å². The van der Waals surface area contributed by atoms with Crippen molar-refractivity contribution in [3.8, 4) is 11.5 Å². The summed E-state index contributed by atoms with van der Waals surface area (Å²) in [5.41, 5.74) is 8.04. The SMILES string of the molecule is Cc1cc2c(cc1N)[nH]c(=O)n2C(=O)c1ccc2c(c1)OCO2. The summed E-state index contributed by atoms with van der Waals surface area (Å²) in [7, 11) is 0. The average Bonchev–Trinajstić information content (AvgIpc) is 3.10. The molecule has 0 amide bonds. The number of carbonyl (C=O) groups is 1. The molecule has 4 rings (SSSR count). The second-order valence-electron chi connectivity index (χ2n) is 5.36. The molecule has 0 radical (unpaired) electrons. The second kappa shape index (κ2) is 4.64. The number of nitrogens with two attached hydrogens (primary N) is 1. The van der Waals surface area contributed by atoms with Gasteiger partial charge in [-0.15, -0.1) is 0 Å². The molecule has 0 saturated carbocycles. The van der Waals surface area contributed by atoms with E-state index in [2.05, 4.69) is 4.98 Å². The molecule has 7 heteroatoms. The molecule has 2 heterocycles. The number of rotatable bonds is 1. The zero-order valence-electron chi connectivity index (χ0n) is 12.3. The van der Waals surface area contributed by atoms with Crippen LogP contribution in [-0.4, -0.2) is 22.3 Å². The number of hydrogen-bond donors (Lipinski definition) is 2. The molecule has 0 fully saturated rings. The Bertz CT molecular complexity index is 1020. The maximum Gasteiger partial charge on any atom is 0.333 e. The number of aryl methyl sites for hydroxylation is 1. The first-order valence-corrected chi connectivity index (χ1v) is 7.00. The van der Waals surface area contributed by atoms with Crippen LogP contribution in [0.2, 0.25) is 0 Å². The summed E-state index contributed by atoms with van der Waals surface area (Å²) in [6.45, 7) is 1.94. The molecule has 1 aliphatic heterocycles. The Hall–Kier alpha value is -3.22. The number of ether oxygens (including phenoxy) is 2. The van der Waals surface area contributed by atoms with Crippen molar-refractivity contribution in [1.29, 1.82) is 0 Å². The van der Waals surface area contributed by atoms with E-state index in [1.165, 1.54) is 0 Å². The molecule has 0 spiro atoms. The highest BCUT2D eigenvalue weighted by molar-refractivity contribution is 6.02. The van der Waals surface area contributed by atoms with Gasteiger partial charge in [-0.05, 0) is 42.8 Å². The van der Waals surface area contributed by atoms with Crippen molar-refractivity contribution in [1.82, 2.24) is 9.55 Å². The van der Waals surface area contributed by atoms with Crippen LogP contribution < -0.4 is 20.9 Å². The molecule has 0 unspecified atom stereocenters. The summed E-state index contributed by atoms with van der Waals surface area (Å²) < 4.78 is 11.6.